The molecule has 6 nitrogen and oxygen atoms in total. The van der Waals surface area contributed by atoms with Crippen molar-refractivity contribution >= 4 is 28.2 Å². The Morgan fingerprint density at radius 3 is 2.48 bits per heavy atom. The van der Waals surface area contributed by atoms with E-state index in [4.69, 9.17) is 14.2 Å². The first-order valence-corrected chi connectivity index (χ1v) is 8.60. The Labute approximate surface area is 150 Å². The van der Waals surface area contributed by atoms with Crippen LogP contribution in [0.15, 0.2) is 24.3 Å². The molecule has 0 saturated heterocycles. The van der Waals surface area contributed by atoms with Gasteiger partial charge in [0.15, 0.2) is 11.5 Å². The predicted molar refractivity (Wildman–Crippen MR) is 97.2 cm³/mol. The maximum Gasteiger partial charge on any atom is 0.340 e. The summed E-state index contributed by atoms with van der Waals surface area (Å²) in [5, 5.41) is 3.25. The number of anilines is 1. The standard InChI is InChI=1S/C18H21NO5S/c1-5-7-11-10-13(18(21)24-4)17(25-11)19-16(20)12-8-6-9-14(22-2)15(12)23-3/h6,8-10H,5,7H2,1-4H3,(H,19,20). The molecule has 0 atom stereocenters. The van der Waals surface area contributed by atoms with Gasteiger partial charge in [-0.15, -0.1) is 11.3 Å². The van der Waals surface area contributed by atoms with E-state index < -0.39 is 5.97 Å². The number of benzene rings is 1. The molecule has 0 bridgehead atoms. The molecule has 0 aliphatic carbocycles. The summed E-state index contributed by atoms with van der Waals surface area (Å²) in [5.41, 5.74) is 0.675. The van der Waals surface area contributed by atoms with E-state index in [-0.39, 0.29) is 5.91 Å². The lowest BCUT2D eigenvalue weighted by atomic mass is 10.1. The number of ether oxygens (including phenoxy) is 3. The van der Waals surface area contributed by atoms with E-state index in [9.17, 15) is 9.59 Å². The molecule has 1 amide bonds. The summed E-state index contributed by atoms with van der Waals surface area (Å²) in [6, 6.07) is 6.81. The Morgan fingerprint density at radius 1 is 1.12 bits per heavy atom. The van der Waals surface area contributed by atoms with Crippen molar-refractivity contribution in [1.82, 2.24) is 0 Å². The summed E-state index contributed by atoms with van der Waals surface area (Å²) < 4.78 is 15.3. The fourth-order valence-corrected chi connectivity index (χ4v) is 3.54. The molecule has 0 spiro atoms. The van der Waals surface area contributed by atoms with Crippen LogP contribution in [0.1, 0.15) is 38.9 Å². The molecule has 0 saturated carbocycles. The maximum absolute atomic E-state index is 12.7. The fourth-order valence-electron chi connectivity index (χ4n) is 2.40. The van der Waals surface area contributed by atoms with Crippen LogP contribution in [-0.2, 0) is 11.2 Å². The average Bonchev–Trinajstić information content (AvgIpc) is 3.02. The van der Waals surface area contributed by atoms with Crippen LogP contribution in [0.25, 0.3) is 0 Å². The Morgan fingerprint density at radius 2 is 1.88 bits per heavy atom. The van der Waals surface area contributed by atoms with Gasteiger partial charge >= 0.3 is 5.97 Å². The van der Waals surface area contributed by atoms with Gasteiger partial charge in [-0.25, -0.2) is 4.79 Å². The van der Waals surface area contributed by atoms with Crippen molar-refractivity contribution in [3.05, 3.63) is 40.3 Å². The van der Waals surface area contributed by atoms with Crippen LogP contribution in [0.4, 0.5) is 5.00 Å². The zero-order chi connectivity index (χ0) is 18.4. The van der Waals surface area contributed by atoms with Crippen LogP contribution in [0.3, 0.4) is 0 Å². The van der Waals surface area contributed by atoms with Gasteiger partial charge in [0.1, 0.15) is 5.00 Å². The quantitative estimate of drug-likeness (QED) is 0.758. The van der Waals surface area contributed by atoms with Gasteiger partial charge in [0.25, 0.3) is 5.91 Å². The van der Waals surface area contributed by atoms with Crippen LogP contribution < -0.4 is 14.8 Å². The minimum atomic E-state index is -0.480. The summed E-state index contributed by atoms with van der Waals surface area (Å²) >= 11 is 1.37. The maximum atomic E-state index is 12.7. The number of para-hydroxylation sites is 1. The number of nitrogens with one attached hydrogen (secondary N) is 1. The van der Waals surface area contributed by atoms with E-state index in [2.05, 4.69) is 12.2 Å². The van der Waals surface area contributed by atoms with Crippen LogP contribution in [0.5, 0.6) is 11.5 Å². The second kappa shape index (κ2) is 8.53. The van der Waals surface area contributed by atoms with E-state index in [1.54, 1.807) is 24.3 Å². The van der Waals surface area contributed by atoms with Crippen LogP contribution in [0, 0.1) is 0 Å². The molecule has 0 aliphatic heterocycles. The number of thiophene rings is 1. The van der Waals surface area contributed by atoms with Gasteiger partial charge in [0, 0.05) is 4.88 Å². The van der Waals surface area contributed by atoms with E-state index in [0.717, 1.165) is 17.7 Å². The normalized spacial score (nSPS) is 10.2. The lowest BCUT2D eigenvalue weighted by molar-refractivity contribution is 0.0602. The number of amides is 1. The fraction of sp³-hybridized carbons (Fsp3) is 0.333. The molecule has 2 rings (SSSR count). The minimum absolute atomic E-state index is 0.322. The van der Waals surface area contributed by atoms with E-state index in [1.807, 2.05) is 0 Å². The summed E-state index contributed by atoms with van der Waals surface area (Å²) in [4.78, 5) is 25.7. The summed E-state index contributed by atoms with van der Waals surface area (Å²) in [7, 11) is 4.29. The smallest absolute Gasteiger partial charge is 0.340 e. The third-order valence-electron chi connectivity index (χ3n) is 3.56. The molecule has 134 valence electrons. The first kappa shape index (κ1) is 18.8. The highest BCUT2D eigenvalue weighted by molar-refractivity contribution is 7.16. The lowest BCUT2D eigenvalue weighted by Crippen LogP contribution is -2.15. The third kappa shape index (κ3) is 4.11. The van der Waals surface area contributed by atoms with Gasteiger partial charge in [-0.2, -0.15) is 0 Å². The first-order chi connectivity index (χ1) is 12.0. The first-order valence-electron chi connectivity index (χ1n) is 7.79. The molecule has 1 aromatic heterocycles. The van der Waals surface area contributed by atoms with Crippen molar-refractivity contribution in [1.29, 1.82) is 0 Å². The van der Waals surface area contributed by atoms with Gasteiger partial charge < -0.3 is 19.5 Å². The van der Waals surface area contributed by atoms with Gasteiger partial charge in [-0.3, -0.25) is 4.79 Å². The summed E-state index contributed by atoms with van der Waals surface area (Å²) in [6.45, 7) is 2.05. The van der Waals surface area contributed by atoms with Crippen molar-refractivity contribution in [3.8, 4) is 11.5 Å². The Balaban J connectivity index is 2.36. The second-order valence-electron chi connectivity index (χ2n) is 5.19. The monoisotopic (exact) mass is 363 g/mol. The van der Waals surface area contributed by atoms with Crippen molar-refractivity contribution in [2.75, 3.05) is 26.6 Å². The zero-order valence-corrected chi connectivity index (χ0v) is 15.5. The number of hydrogen-bond donors (Lipinski definition) is 1. The number of hydrogen-bond acceptors (Lipinski definition) is 6. The largest absolute Gasteiger partial charge is 0.493 e. The molecule has 1 aromatic carbocycles. The Hall–Kier alpha value is -2.54. The van der Waals surface area contributed by atoms with Crippen molar-refractivity contribution in [2.45, 2.75) is 19.8 Å². The number of esters is 1. The molecule has 0 radical (unpaired) electrons. The summed E-state index contributed by atoms with van der Waals surface area (Å²) in [5.74, 6) is -0.0639. The molecular weight excluding hydrogens is 342 g/mol. The molecule has 1 N–H and O–H groups in total. The molecule has 7 heteroatoms. The molecule has 0 unspecified atom stereocenters. The Kier molecular flexibility index (Phi) is 6.41. The SMILES string of the molecule is CCCc1cc(C(=O)OC)c(NC(=O)c2cccc(OC)c2OC)s1. The van der Waals surface area contributed by atoms with Gasteiger partial charge in [-0.05, 0) is 24.6 Å². The lowest BCUT2D eigenvalue weighted by Gasteiger charge is -2.12. The number of rotatable bonds is 7. The van der Waals surface area contributed by atoms with Crippen molar-refractivity contribution < 1.29 is 23.8 Å². The molecule has 2 aromatic rings. The summed E-state index contributed by atoms with van der Waals surface area (Å²) in [6.07, 6.45) is 1.77. The third-order valence-corrected chi connectivity index (χ3v) is 4.67. The number of carbonyl (C=O) groups excluding carboxylic acids is 2. The predicted octanol–water partition coefficient (Wildman–Crippen LogP) is 3.76. The minimum Gasteiger partial charge on any atom is -0.493 e. The molecule has 0 fully saturated rings. The van der Waals surface area contributed by atoms with Crippen LogP contribution >= 0.6 is 11.3 Å². The molecule has 1 heterocycles. The van der Waals surface area contributed by atoms with Gasteiger partial charge in [-0.1, -0.05) is 19.4 Å². The number of methoxy groups -OCH3 is 3. The molecule has 25 heavy (non-hydrogen) atoms. The molecular formula is C18H21NO5S. The highest BCUT2D eigenvalue weighted by Gasteiger charge is 2.21. The van der Waals surface area contributed by atoms with Crippen molar-refractivity contribution in [2.24, 2.45) is 0 Å². The molecule has 0 aliphatic rings. The number of carbonyl (C=O) groups is 2. The number of aryl methyl sites for hydroxylation is 1. The van der Waals surface area contributed by atoms with Gasteiger partial charge in [0.2, 0.25) is 0 Å². The van der Waals surface area contributed by atoms with E-state index in [0.29, 0.717) is 27.6 Å². The van der Waals surface area contributed by atoms with Crippen LogP contribution in [-0.4, -0.2) is 33.2 Å². The topological polar surface area (TPSA) is 73.9 Å². The van der Waals surface area contributed by atoms with E-state index >= 15 is 0 Å². The van der Waals surface area contributed by atoms with Crippen molar-refractivity contribution in [3.63, 3.8) is 0 Å². The zero-order valence-electron chi connectivity index (χ0n) is 14.7. The van der Waals surface area contributed by atoms with E-state index in [1.165, 1.54) is 32.7 Å². The Bertz CT molecular complexity index is 769. The van der Waals surface area contributed by atoms with Gasteiger partial charge in [0.05, 0.1) is 32.5 Å². The highest BCUT2D eigenvalue weighted by atomic mass is 32.1. The highest BCUT2D eigenvalue weighted by Crippen LogP contribution is 2.34. The van der Waals surface area contributed by atoms with Crippen LogP contribution in [0.2, 0.25) is 0 Å². The average molecular weight is 363 g/mol. The second-order valence-corrected chi connectivity index (χ2v) is 6.33.